The third-order valence-electron chi connectivity index (χ3n) is 5.23. The number of rotatable bonds is 6. The number of para-hydroxylation sites is 1. The van der Waals surface area contributed by atoms with Gasteiger partial charge in [-0.05, 0) is 42.8 Å². The van der Waals surface area contributed by atoms with Crippen molar-refractivity contribution in [3.63, 3.8) is 0 Å². The second kappa shape index (κ2) is 8.55. The van der Waals surface area contributed by atoms with Crippen LogP contribution < -0.4 is 4.72 Å². The summed E-state index contributed by atoms with van der Waals surface area (Å²) < 4.78 is 27.2. The maximum atomic E-state index is 11.5. The normalized spacial score (nSPS) is 20.2. The number of sulfonamides is 1. The first-order chi connectivity index (χ1) is 14.4. The van der Waals surface area contributed by atoms with Crippen molar-refractivity contribution in [2.24, 2.45) is 0 Å². The molecule has 0 unspecified atom stereocenters. The van der Waals surface area contributed by atoms with Crippen LogP contribution in [-0.4, -0.2) is 58.9 Å². The van der Waals surface area contributed by atoms with Crippen LogP contribution in [0.2, 0.25) is 0 Å². The molecule has 30 heavy (non-hydrogen) atoms. The zero-order chi connectivity index (χ0) is 21.1. The van der Waals surface area contributed by atoms with E-state index in [0.29, 0.717) is 18.8 Å². The lowest BCUT2D eigenvalue weighted by Gasteiger charge is -2.35. The van der Waals surface area contributed by atoms with E-state index in [0.717, 1.165) is 36.2 Å². The van der Waals surface area contributed by atoms with Gasteiger partial charge in [-0.3, -0.25) is 9.62 Å². The standard InChI is InChI=1S/C21H25N5O3S/c1-30(28,29)23-17-7-5-6-16(12-17)20-10-11-25(15-21(20)27)13-18-14-26(24-22-18)19-8-3-2-4-9-19/h2-9,12,14,20-21,23,27H,10-11,13,15H2,1H3/t20-,21-/m0/s1. The molecular formula is C21H25N5O3S. The number of hydrogen-bond donors (Lipinski definition) is 2. The summed E-state index contributed by atoms with van der Waals surface area (Å²) in [6, 6.07) is 17.1. The molecule has 2 atom stereocenters. The first-order valence-corrected chi connectivity index (χ1v) is 11.7. The van der Waals surface area contributed by atoms with Crippen molar-refractivity contribution in [2.75, 3.05) is 24.1 Å². The number of β-amino-alcohol motifs (C(OH)–C–C–N with tert-alkyl or cyclic N) is 1. The summed E-state index contributed by atoms with van der Waals surface area (Å²) >= 11 is 0. The average Bonchev–Trinajstić information content (AvgIpc) is 3.16. The zero-order valence-electron chi connectivity index (χ0n) is 16.7. The van der Waals surface area contributed by atoms with Gasteiger partial charge in [0, 0.05) is 24.7 Å². The number of piperidine rings is 1. The predicted molar refractivity (Wildman–Crippen MR) is 115 cm³/mol. The van der Waals surface area contributed by atoms with Crippen molar-refractivity contribution >= 4 is 15.7 Å². The second-order valence-electron chi connectivity index (χ2n) is 7.69. The Morgan fingerprint density at radius 3 is 2.70 bits per heavy atom. The molecule has 2 aromatic carbocycles. The van der Waals surface area contributed by atoms with Gasteiger partial charge < -0.3 is 5.11 Å². The molecule has 8 nitrogen and oxygen atoms in total. The van der Waals surface area contributed by atoms with E-state index in [2.05, 4.69) is 19.9 Å². The molecule has 1 fully saturated rings. The van der Waals surface area contributed by atoms with E-state index in [1.54, 1.807) is 16.8 Å². The number of nitrogens with zero attached hydrogens (tertiary/aromatic N) is 4. The Bertz CT molecular complexity index is 1100. The second-order valence-corrected chi connectivity index (χ2v) is 9.44. The molecule has 158 valence electrons. The van der Waals surface area contributed by atoms with Crippen LogP contribution in [0.1, 0.15) is 23.6 Å². The molecule has 9 heteroatoms. The van der Waals surface area contributed by atoms with Gasteiger partial charge in [-0.2, -0.15) is 0 Å². The van der Waals surface area contributed by atoms with Crippen LogP contribution >= 0.6 is 0 Å². The third-order valence-corrected chi connectivity index (χ3v) is 5.84. The number of anilines is 1. The molecule has 1 aliphatic heterocycles. The van der Waals surface area contributed by atoms with Gasteiger partial charge in [-0.1, -0.05) is 35.5 Å². The van der Waals surface area contributed by atoms with Crippen LogP contribution in [0.15, 0.2) is 60.8 Å². The van der Waals surface area contributed by atoms with Crippen LogP contribution in [0.3, 0.4) is 0 Å². The monoisotopic (exact) mass is 427 g/mol. The molecule has 0 amide bonds. The molecule has 4 rings (SSSR count). The topological polar surface area (TPSA) is 100 Å². The maximum Gasteiger partial charge on any atom is 0.229 e. The largest absolute Gasteiger partial charge is 0.391 e. The highest BCUT2D eigenvalue weighted by molar-refractivity contribution is 7.92. The molecule has 0 aliphatic carbocycles. The first-order valence-electron chi connectivity index (χ1n) is 9.82. The number of hydrogen-bond acceptors (Lipinski definition) is 6. The number of likely N-dealkylation sites (tertiary alicyclic amines) is 1. The van der Waals surface area contributed by atoms with Crippen molar-refractivity contribution in [3.05, 3.63) is 72.1 Å². The smallest absolute Gasteiger partial charge is 0.229 e. The molecule has 1 saturated heterocycles. The Morgan fingerprint density at radius 2 is 1.97 bits per heavy atom. The fourth-order valence-corrected chi connectivity index (χ4v) is 4.44. The van der Waals surface area contributed by atoms with Crippen molar-refractivity contribution in [2.45, 2.75) is 25.0 Å². The Balaban J connectivity index is 1.39. The lowest BCUT2D eigenvalue weighted by atomic mass is 9.87. The molecule has 2 N–H and O–H groups in total. The summed E-state index contributed by atoms with van der Waals surface area (Å²) in [4.78, 5) is 2.17. The summed E-state index contributed by atoms with van der Waals surface area (Å²) in [6.45, 7) is 1.95. The van der Waals surface area contributed by atoms with Gasteiger partial charge >= 0.3 is 0 Å². The number of aliphatic hydroxyl groups excluding tert-OH is 1. The molecule has 0 radical (unpaired) electrons. The van der Waals surface area contributed by atoms with E-state index in [-0.39, 0.29) is 5.92 Å². The lowest BCUT2D eigenvalue weighted by molar-refractivity contribution is 0.0471. The Labute approximate surface area is 176 Å². The van der Waals surface area contributed by atoms with Gasteiger partial charge in [0.2, 0.25) is 10.0 Å². The van der Waals surface area contributed by atoms with Crippen LogP contribution in [0.25, 0.3) is 5.69 Å². The summed E-state index contributed by atoms with van der Waals surface area (Å²) in [7, 11) is -3.34. The molecule has 3 aromatic rings. The van der Waals surface area contributed by atoms with E-state index >= 15 is 0 Å². The first kappa shape index (κ1) is 20.5. The van der Waals surface area contributed by atoms with E-state index in [1.807, 2.05) is 48.7 Å². The minimum atomic E-state index is -3.34. The van der Waals surface area contributed by atoms with Crippen molar-refractivity contribution < 1.29 is 13.5 Å². The number of aliphatic hydroxyl groups is 1. The fourth-order valence-electron chi connectivity index (χ4n) is 3.88. The SMILES string of the molecule is CS(=O)(=O)Nc1cccc([C@@H]2CCN(Cc3cn(-c4ccccc4)nn3)C[C@@H]2O)c1. The fraction of sp³-hybridized carbons (Fsp3) is 0.333. The lowest BCUT2D eigenvalue weighted by Crippen LogP contribution is -2.42. The zero-order valence-corrected chi connectivity index (χ0v) is 17.5. The minimum absolute atomic E-state index is 0.0393. The molecule has 1 aromatic heterocycles. The quantitative estimate of drug-likeness (QED) is 0.624. The van der Waals surface area contributed by atoms with Gasteiger partial charge in [-0.15, -0.1) is 5.10 Å². The number of nitrogens with one attached hydrogen (secondary N) is 1. The minimum Gasteiger partial charge on any atom is -0.391 e. The summed E-state index contributed by atoms with van der Waals surface area (Å²) in [6.07, 6.45) is 3.27. The van der Waals surface area contributed by atoms with Crippen LogP contribution in [0, 0.1) is 0 Å². The number of benzene rings is 2. The van der Waals surface area contributed by atoms with E-state index in [4.69, 9.17) is 0 Å². The number of aromatic nitrogens is 3. The Morgan fingerprint density at radius 1 is 1.17 bits per heavy atom. The highest BCUT2D eigenvalue weighted by atomic mass is 32.2. The highest BCUT2D eigenvalue weighted by Gasteiger charge is 2.29. The van der Waals surface area contributed by atoms with Crippen LogP contribution in [0.4, 0.5) is 5.69 Å². The Hall–Kier alpha value is -2.75. The van der Waals surface area contributed by atoms with Gasteiger partial charge in [-0.25, -0.2) is 13.1 Å². The highest BCUT2D eigenvalue weighted by Crippen LogP contribution is 2.30. The third kappa shape index (κ3) is 5.05. The molecule has 0 bridgehead atoms. The predicted octanol–water partition coefficient (Wildman–Crippen LogP) is 1.99. The molecule has 0 spiro atoms. The average molecular weight is 428 g/mol. The summed E-state index contributed by atoms with van der Waals surface area (Å²) in [5, 5.41) is 19.2. The maximum absolute atomic E-state index is 11.5. The van der Waals surface area contributed by atoms with Gasteiger partial charge in [0.05, 0.1) is 29.9 Å². The summed E-state index contributed by atoms with van der Waals surface area (Å²) in [5.74, 6) is -0.0393. The molecule has 0 saturated carbocycles. The van der Waals surface area contributed by atoms with E-state index in [1.165, 1.54) is 0 Å². The Kier molecular flexibility index (Phi) is 5.85. The van der Waals surface area contributed by atoms with Crippen molar-refractivity contribution in [1.29, 1.82) is 0 Å². The van der Waals surface area contributed by atoms with Crippen LogP contribution in [-0.2, 0) is 16.6 Å². The molecule has 2 heterocycles. The van der Waals surface area contributed by atoms with E-state index < -0.39 is 16.1 Å². The van der Waals surface area contributed by atoms with Gasteiger partial charge in [0.15, 0.2) is 0 Å². The van der Waals surface area contributed by atoms with Crippen LogP contribution in [0.5, 0.6) is 0 Å². The summed E-state index contributed by atoms with van der Waals surface area (Å²) in [5.41, 5.74) is 3.26. The van der Waals surface area contributed by atoms with E-state index in [9.17, 15) is 13.5 Å². The van der Waals surface area contributed by atoms with Crippen molar-refractivity contribution in [1.82, 2.24) is 19.9 Å². The molecule has 1 aliphatic rings. The van der Waals surface area contributed by atoms with Gasteiger partial charge in [0.1, 0.15) is 0 Å². The van der Waals surface area contributed by atoms with Gasteiger partial charge in [0.25, 0.3) is 0 Å². The van der Waals surface area contributed by atoms with Crippen molar-refractivity contribution in [3.8, 4) is 5.69 Å². The molecular weight excluding hydrogens is 402 g/mol.